The van der Waals surface area contributed by atoms with E-state index in [0.717, 1.165) is 0 Å². The Morgan fingerprint density at radius 1 is 0.538 bits per heavy atom. The topological polar surface area (TPSA) is 172 Å². The molecule has 0 aromatic carbocycles. The second-order valence-electron chi connectivity index (χ2n) is 0.671. The molecule has 0 aliphatic carbocycles. The Morgan fingerprint density at radius 2 is 0.538 bits per heavy atom. The Labute approximate surface area is 111 Å². The molecule has 0 N–H and O–H groups in total. The molecule has 0 fully saturated rings. The minimum atomic E-state index is -4.34. The Hall–Kier alpha value is 1.78. The van der Waals surface area contributed by atoms with Gasteiger partial charge in [0.15, 0.2) is 0 Å². The van der Waals surface area contributed by atoms with Gasteiger partial charge in [0.05, 0.1) is 0 Å². The van der Waals surface area contributed by atoms with Gasteiger partial charge in [-0.2, -0.15) is 0 Å². The molecule has 2 radical (unpaired) electrons. The zero-order valence-electron chi connectivity index (χ0n) is 5.46. The van der Waals surface area contributed by atoms with Crippen LogP contribution in [0.15, 0.2) is 0 Å². The molecule has 0 aromatic rings. The average molecular weight is 896 g/mol. The van der Waals surface area contributed by atoms with Gasteiger partial charge in [-0.15, -0.1) is 0 Å². The van der Waals surface area contributed by atoms with Crippen molar-refractivity contribution >= 4 is 26.2 Å². The van der Waals surface area contributed by atoms with Crippen molar-refractivity contribution in [3.8, 4) is 0 Å². The van der Waals surface area contributed by atoms with Gasteiger partial charge in [-0.25, -0.2) is 0 Å². The molecule has 13 heavy (non-hydrogen) atoms. The summed E-state index contributed by atoms with van der Waals surface area (Å²) in [4.78, 5) is 0. The second kappa shape index (κ2) is 19.4. The molecule has 0 rings (SSSR count). The fraction of sp³-hybridized carbons (Fsp3) is 0. The first-order valence-corrected chi connectivity index (χ1v) is 13.4. The molecule has 0 aliphatic rings. The predicted molar refractivity (Wildman–Crippen MR) is 9.87 cm³/mol. The zero-order valence-corrected chi connectivity index (χ0v) is 18.6. The number of hydrogen-bond acceptors (Lipinski definition) is 9. The standard InChI is InChI=1S/Bi.9O.3Ta/q+3;;;;;;;3*-1;;;. The molecule has 74 valence electrons. The fourth-order valence-corrected chi connectivity index (χ4v) is 0. The minimum absolute atomic E-state index is 0. The summed E-state index contributed by atoms with van der Waals surface area (Å²) in [5, 5.41) is 0. The van der Waals surface area contributed by atoms with E-state index in [1.807, 2.05) is 0 Å². The first-order valence-electron chi connectivity index (χ1n) is 1.64. The molecule has 0 aliphatic heterocycles. The fourth-order valence-electron chi connectivity index (χ4n) is 0. The summed E-state index contributed by atoms with van der Waals surface area (Å²) in [6.07, 6.45) is 0. The van der Waals surface area contributed by atoms with Crippen LogP contribution in [0.25, 0.3) is 0 Å². The van der Waals surface area contributed by atoms with Crippen molar-refractivity contribution in [3.05, 3.63) is 0 Å². The van der Waals surface area contributed by atoms with E-state index in [4.69, 9.17) is 30.3 Å². The van der Waals surface area contributed by atoms with Crippen molar-refractivity contribution in [1.82, 2.24) is 0 Å². The zero-order chi connectivity index (χ0) is 10.7. The molecule has 0 heterocycles. The molecule has 0 saturated heterocycles. The van der Waals surface area contributed by atoms with Crippen LogP contribution in [-0.4, -0.2) is 26.2 Å². The Balaban J connectivity index is -0.0000000450. The number of hydrogen-bond donors (Lipinski definition) is 0. The van der Waals surface area contributed by atoms with E-state index >= 15 is 0 Å². The molecule has 0 unspecified atom stereocenters. The molecule has 13 heteroatoms. The molecule has 0 spiro atoms. The summed E-state index contributed by atoms with van der Waals surface area (Å²) >= 11 is -13.0. The van der Waals surface area contributed by atoms with Gasteiger partial charge in [0.1, 0.15) is 0 Å². The molecule has 0 atom stereocenters. The van der Waals surface area contributed by atoms with Gasteiger partial charge in [0, 0.05) is 0 Å². The van der Waals surface area contributed by atoms with Crippen LogP contribution < -0.4 is 10.8 Å². The molecular weight excluding hydrogens is 896 g/mol. The number of rotatable bonds is 0. The van der Waals surface area contributed by atoms with Gasteiger partial charge >= 0.3 is 113 Å². The third kappa shape index (κ3) is 601. The van der Waals surface area contributed by atoms with Crippen molar-refractivity contribution in [2.24, 2.45) is 0 Å². The van der Waals surface area contributed by atoms with E-state index in [1.165, 1.54) is 0 Å². The SMILES string of the molecule is [Bi+3].[O]=[Ta](=[O])[O-].[O]=[Ta](=[O])[O-].[O]=[Ta](=[O])[O-]. The van der Waals surface area contributed by atoms with Crippen LogP contribution in [0.3, 0.4) is 0 Å². The van der Waals surface area contributed by atoms with Gasteiger partial charge < -0.3 is 0 Å². The summed E-state index contributed by atoms with van der Waals surface area (Å²) in [7, 11) is 0. The van der Waals surface area contributed by atoms with Crippen LogP contribution in [0.4, 0.5) is 0 Å². The summed E-state index contributed by atoms with van der Waals surface area (Å²) in [5.74, 6) is 0. The van der Waals surface area contributed by atoms with Crippen molar-refractivity contribution in [3.63, 3.8) is 0 Å². The Morgan fingerprint density at radius 3 is 0.538 bits per heavy atom. The van der Waals surface area contributed by atoms with E-state index in [1.54, 1.807) is 0 Å². The van der Waals surface area contributed by atoms with E-state index in [9.17, 15) is 0 Å². The van der Waals surface area contributed by atoms with Crippen LogP contribution in [-0.2, 0) is 75.9 Å². The maximum absolute atomic E-state index is 8.62. The van der Waals surface area contributed by atoms with Crippen LogP contribution in [0.2, 0.25) is 0 Å². The van der Waals surface area contributed by atoms with Crippen molar-refractivity contribution < 1.29 is 86.7 Å². The first kappa shape index (κ1) is 24.2. The predicted octanol–water partition coefficient (Wildman–Crippen LogP) is -4.67. The summed E-state index contributed by atoms with van der Waals surface area (Å²) in [6.45, 7) is 0. The van der Waals surface area contributed by atoms with Crippen LogP contribution in [0.5, 0.6) is 0 Å². The van der Waals surface area contributed by atoms with Crippen LogP contribution in [0.1, 0.15) is 0 Å². The average Bonchev–Trinajstić information content (AvgIpc) is 1.54. The first-order chi connectivity index (χ1) is 5.20. The third-order valence-corrected chi connectivity index (χ3v) is 0. The van der Waals surface area contributed by atoms with E-state index in [-0.39, 0.29) is 26.2 Å². The quantitative estimate of drug-likeness (QED) is 0.217. The second-order valence-corrected chi connectivity index (χ2v) is 5.49. The third-order valence-electron chi connectivity index (χ3n) is 0. The Bertz CT molecular complexity index is 208. The van der Waals surface area contributed by atoms with Crippen LogP contribution in [0, 0.1) is 0 Å². The van der Waals surface area contributed by atoms with Crippen molar-refractivity contribution in [1.29, 1.82) is 0 Å². The van der Waals surface area contributed by atoms with E-state index in [0.29, 0.717) is 0 Å². The van der Waals surface area contributed by atoms with Crippen molar-refractivity contribution in [2.45, 2.75) is 0 Å². The maximum atomic E-state index is 8.62. The van der Waals surface area contributed by atoms with Crippen molar-refractivity contribution in [2.75, 3.05) is 0 Å². The summed E-state index contributed by atoms with van der Waals surface area (Å²) in [6, 6.07) is 0. The van der Waals surface area contributed by atoms with E-state index < -0.39 is 56.4 Å². The molecule has 0 bridgehead atoms. The van der Waals surface area contributed by atoms with E-state index in [2.05, 4.69) is 0 Å². The molecule has 0 amide bonds. The van der Waals surface area contributed by atoms with Gasteiger partial charge in [0.2, 0.25) is 0 Å². The van der Waals surface area contributed by atoms with Crippen LogP contribution >= 0.6 is 0 Å². The normalized spacial score (nSPS) is 5.77. The summed E-state index contributed by atoms with van der Waals surface area (Å²) < 4.78 is 77.6. The van der Waals surface area contributed by atoms with Gasteiger partial charge in [-0.05, 0) is 0 Å². The molecular formula is BiO9Ta3. The van der Waals surface area contributed by atoms with Gasteiger partial charge in [-0.1, -0.05) is 0 Å². The molecule has 0 aromatic heterocycles. The van der Waals surface area contributed by atoms with Gasteiger partial charge in [0.25, 0.3) is 0 Å². The Kier molecular flexibility index (Phi) is 36.0. The summed E-state index contributed by atoms with van der Waals surface area (Å²) in [5.41, 5.74) is 0. The van der Waals surface area contributed by atoms with Gasteiger partial charge in [-0.3, -0.25) is 0 Å². The molecule has 0 saturated carbocycles. The monoisotopic (exact) mass is 896 g/mol. The molecule has 9 nitrogen and oxygen atoms in total.